The third-order valence-electron chi connectivity index (χ3n) is 5.68. The van der Waals surface area contributed by atoms with Crippen LogP contribution in [0.5, 0.6) is 0 Å². The van der Waals surface area contributed by atoms with Gasteiger partial charge in [-0.25, -0.2) is 4.79 Å². The molecule has 1 amide bonds. The molecule has 0 radical (unpaired) electrons. The lowest BCUT2D eigenvalue weighted by molar-refractivity contribution is -0.132. The van der Waals surface area contributed by atoms with E-state index in [4.69, 9.17) is 0 Å². The number of amides is 1. The molecule has 1 aliphatic carbocycles. The molecule has 0 spiro atoms. The second-order valence-corrected chi connectivity index (χ2v) is 7.23. The van der Waals surface area contributed by atoms with E-state index < -0.39 is 5.97 Å². The number of carbonyl (C=O) groups is 2. The Labute approximate surface area is 157 Å². The van der Waals surface area contributed by atoms with Gasteiger partial charge in [-0.05, 0) is 29.9 Å². The summed E-state index contributed by atoms with van der Waals surface area (Å²) in [5.41, 5.74) is 4.00. The SMILES string of the molecule is O=C(O)c1nn(CCO)c2c1CN(C(=O)C[C@@H]1CCc3ccccc31)CC2. The molecular formula is C20H23N3O4. The normalized spacial score (nSPS) is 18.3. The molecule has 2 aromatic rings. The van der Waals surface area contributed by atoms with Crippen molar-refractivity contribution >= 4 is 11.9 Å². The van der Waals surface area contributed by atoms with Crippen molar-refractivity contribution in [1.29, 1.82) is 0 Å². The van der Waals surface area contributed by atoms with Gasteiger partial charge in [-0.1, -0.05) is 24.3 Å². The highest BCUT2D eigenvalue weighted by atomic mass is 16.4. The van der Waals surface area contributed by atoms with E-state index in [1.807, 2.05) is 12.1 Å². The van der Waals surface area contributed by atoms with Crippen molar-refractivity contribution < 1.29 is 19.8 Å². The molecule has 142 valence electrons. The molecule has 1 aromatic carbocycles. The van der Waals surface area contributed by atoms with Gasteiger partial charge in [-0.3, -0.25) is 9.48 Å². The molecule has 0 unspecified atom stereocenters. The maximum absolute atomic E-state index is 12.9. The van der Waals surface area contributed by atoms with Crippen molar-refractivity contribution in [2.75, 3.05) is 13.2 Å². The van der Waals surface area contributed by atoms with Gasteiger partial charge in [-0.2, -0.15) is 5.10 Å². The monoisotopic (exact) mass is 369 g/mol. The molecule has 7 heteroatoms. The number of hydrogen-bond donors (Lipinski definition) is 2. The van der Waals surface area contributed by atoms with Crippen molar-refractivity contribution in [2.45, 2.75) is 44.7 Å². The molecule has 4 rings (SSSR count). The number of carbonyl (C=O) groups excluding carboxylic acids is 1. The molecule has 1 aliphatic heterocycles. The van der Waals surface area contributed by atoms with Crippen LogP contribution in [-0.4, -0.2) is 49.9 Å². The summed E-state index contributed by atoms with van der Waals surface area (Å²) >= 11 is 0. The molecule has 0 bridgehead atoms. The Balaban J connectivity index is 1.51. The lowest BCUT2D eigenvalue weighted by atomic mass is 9.96. The Kier molecular flexibility index (Phi) is 4.70. The third-order valence-corrected chi connectivity index (χ3v) is 5.68. The number of benzene rings is 1. The van der Waals surface area contributed by atoms with Crippen LogP contribution in [0.4, 0.5) is 0 Å². The quantitative estimate of drug-likeness (QED) is 0.834. The van der Waals surface area contributed by atoms with E-state index in [1.54, 1.807) is 9.58 Å². The standard InChI is InChI=1S/C20H23N3O4/c24-10-9-23-17-7-8-22(12-16(17)19(21-23)20(26)27)18(25)11-14-6-5-13-3-1-2-4-15(13)14/h1-4,14,24H,5-12H2,(H,26,27)/t14-/m0/s1. The number of aliphatic hydroxyl groups is 1. The van der Waals surface area contributed by atoms with Crippen molar-refractivity contribution in [3.8, 4) is 0 Å². The maximum atomic E-state index is 12.9. The van der Waals surface area contributed by atoms with Crippen LogP contribution in [0.2, 0.25) is 0 Å². The topological polar surface area (TPSA) is 95.7 Å². The van der Waals surface area contributed by atoms with Gasteiger partial charge < -0.3 is 15.1 Å². The largest absolute Gasteiger partial charge is 0.476 e. The predicted molar refractivity (Wildman–Crippen MR) is 97.5 cm³/mol. The summed E-state index contributed by atoms with van der Waals surface area (Å²) in [5.74, 6) is -0.790. The van der Waals surface area contributed by atoms with E-state index in [0.29, 0.717) is 24.9 Å². The van der Waals surface area contributed by atoms with Gasteiger partial charge in [0.1, 0.15) is 0 Å². The number of nitrogens with zero attached hydrogens (tertiary/aromatic N) is 3. The van der Waals surface area contributed by atoms with Crippen molar-refractivity contribution in [3.63, 3.8) is 0 Å². The fourth-order valence-corrected chi connectivity index (χ4v) is 4.35. The molecular weight excluding hydrogens is 346 g/mol. The second-order valence-electron chi connectivity index (χ2n) is 7.23. The molecule has 0 saturated carbocycles. The van der Waals surface area contributed by atoms with Crippen LogP contribution in [0, 0.1) is 0 Å². The summed E-state index contributed by atoms with van der Waals surface area (Å²) in [5, 5.41) is 22.7. The van der Waals surface area contributed by atoms with Gasteiger partial charge >= 0.3 is 5.97 Å². The first-order valence-electron chi connectivity index (χ1n) is 9.36. The van der Waals surface area contributed by atoms with Crippen LogP contribution >= 0.6 is 0 Å². The fraction of sp³-hybridized carbons (Fsp3) is 0.450. The minimum Gasteiger partial charge on any atom is -0.476 e. The molecule has 2 N–H and O–H groups in total. The number of hydrogen-bond acceptors (Lipinski definition) is 4. The third kappa shape index (κ3) is 3.23. The minimum atomic E-state index is -1.10. The molecule has 1 aromatic heterocycles. The van der Waals surface area contributed by atoms with Crippen molar-refractivity contribution in [1.82, 2.24) is 14.7 Å². The lowest BCUT2D eigenvalue weighted by Gasteiger charge is -2.29. The number of aromatic carboxylic acids is 1. The fourth-order valence-electron chi connectivity index (χ4n) is 4.35. The number of fused-ring (bicyclic) bond motifs is 2. The Morgan fingerprint density at radius 3 is 2.81 bits per heavy atom. The summed E-state index contributed by atoms with van der Waals surface area (Å²) < 4.78 is 1.56. The average molecular weight is 369 g/mol. The molecule has 27 heavy (non-hydrogen) atoms. The second kappa shape index (κ2) is 7.15. The maximum Gasteiger partial charge on any atom is 0.356 e. The Morgan fingerprint density at radius 2 is 2.04 bits per heavy atom. The summed E-state index contributed by atoms with van der Waals surface area (Å²) in [6.07, 6.45) is 3.01. The molecule has 2 heterocycles. The Hall–Kier alpha value is -2.67. The van der Waals surface area contributed by atoms with E-state index in [-0.39, 0.29) is 37.2 Å². The number of aromatic nitrogens is 2. The van der Waals surface area contributed by atoms with Gasteiger partial charge in [0.25, 0.3) is 0 Å². The highest BCUT2D eigenvalue weighted by Crippen LogP contribution is 2.36. The number of aryl methyl sites for hydroxylation is 1. The number of rotatable bonds is 5. The van der Waals surface area contributed by atoms with E-state index >= 15 is 0 Å². The zero-order valence-electron chi connectivity index (χ0n) is 15.1. The zero-order chi connectivity index (χ0) is 19.0. The minimum absolute atomic E-state index is 0.0119. The van der Waals surface area contributed by atoms with E-state index in [1.165, 1.54) is 11.1 Å². The molecule has 7 nitrogen and oxygen atoms in total. The van der Waals surface area contributed by atoms with E-state index in [2.05, 4.69) is 17.2 Å². The van der Waals surface area contributed by atoms with Gasteiger partial charge in [0.05, 0.1) is 13.2 Å². The first kappa shape index (κ1) is 17.7. The summed E-state index contributed by atoms with van der Waals surface area (Å²) in [6.45, 7) is 0.991. The number of carboxylic acid groups (broad SMARTS) is 1. The Bertz CT molecular complexity index is 889. The molecule has 1 atom stereocenters. The van der Waals surface area contributed by atoms with Crippen LogP contribution in [0.1, 0.15) is 51.6 Å². The van der Waals surface area contributed by atoms with E-state index in [9.17, 15) is 19.8 Å². The Morgan fingerprint density at radius 1 is 1.22 bits per heavy atom. The van der Waals surface area contributed by atoms with Crippen LogP contribution in [-0.2, 0) is 30.7 Å². The summed E-state index contributed by atoms with van der Waals surface area (Å²) in [7, 11) is 0. The summed E-state index contributed by atoms with van der Waals surface area (Å²) in [6, 6.07) is 8.29. The van der Waals surface area contributed by atoms with Gasteiger partial charge in [-0.15, -0.1) is 0 Å². The van der Waals surface area contributed by atoms with Crippen molar-refractivity contribution in [2.24, 2.45) is 0 Å². The predicted octanol–water partition coefficient (Wildman–Crippen LogP) is 1.58. The number of carboxylic acids is 1. The zero-order valence-corrected chi connectivity index (χ0v) is 15.1. The average Bonchev–Trinajstić information content (AvgIpc) is 3.24. The molecule has 0 fully saturated rings. The number of aliphatic hydroxyl groups excluding tert-OH is 1. The van der Waals surface area contributed by atoms with Crippen LogP contribution < -0.4 is 0 Å². The van der Waals surface area contributed by atoms with Gasteiger partial charge in [0.15, 0.2) is 5.69 Å². The smallest absolute Gasteiger partial charge is 0.356 e. The first-order valence-corrected chi connectivity index (χ1v) is 9.36. The molecule has 0 saturated heterocycles. The molecule has 2 aliphatic rings. The van der Waals surface area contributed by atoms with Crippen molar-refractivity contribution in [3.05, 3.63) is 52.3 Å². The highest BCUT2D eigenvalue weighted by molar-refractivity contribution is 5.88. The summed E-state index contributed by atoms with van der Waals surface area (Å²) in [4.78, 5) is 26.2. The lowest BCUT2D eigenvalue weighted by Crippen LogP contribution is -2.37. The van der Waals surface area contributed by atoms with Crippen LogP contribution in [0.25, 0.3) is 0 Å². The first-order chi connectivity index (χ1) is 13.1. The van der Waals surface area contributed by atoms with Gasteiger partial charge in [0, 0.05) is 37.2 Å². The van der Waals surface area contributed by atoms with E-state index in [0.717, 1.165) is 18.5 Å². The van der Waals surface area contributed by atoms with Crippen LogP contribution in [0.3, 0.4) is 0 Å². The van der Waals surface area contributed by atoms with Gasteiger partial charge in [0.2, 0.25) is 5.91 Å². The van der Waals surface area contributed by atoms with Crippen LogP contribution in [0.15, 0.2) is 24.3 Å². The highest BCUT2D eigenvalue weighted by Gasteiger charge is 2.32.